The first kappa shape index (κ1) is 15.6. The van der Waals surface area contributed by atoms with Crippen molar-refractivity contribution in [1.29, 1.82) is 0 Å². The highest BCUT2D eigenvalue weighted by Crippen LogP contribution is 2.24. The van der Waals surface area contributed by atoms with E-state index in [0.29, 0.717) is 5.89 Å². The number of carbonyl (C=O) groups is 1. The molecular weight excluding hydrogens is 318 g/mol. The van der Waals surface area contributed by atoms with Gasteiger partial charge in [0, 0.05) is 18.5 Å². The van der Waals surface area contributed by atoms with Gasteiger partial charge in [-0.2, -0.15) is 5.10 Å². The van der Waals surface area contributed by atoms with Crippen LogP contribution in [0.25, 0.3) is 11.5 Å². The second-order valence-electron chi connectivity index (χ2n) is 6.03. The molecule has 7 nitrogen and oxygen atoms in total. The molecule has 0 fully saturated rings. The Balaban J connectivity index is 1.52. The van der Waals surface area contributed by atoms with Gasteiger partial charge in [0.15, 0.2) is 5.82 Å². The van der Waals surface area contributed by atoms with Crippen molar-refractivity contribution in [3.8, 4) is 11.5 Å². The fraction of sp³-hybridized carbons (Fsp3) is 0.333. The van der Waals surface area contributed by atoms with Crippen LogP contribution in [0.3, 0.4) is 0 Å². The number of hydrogen-bond acceptors (Lipinski definition) is 5. The van der Waals surface area contributed by atoms with E-state index in [-0.39, 0.29) is 17.7 Å². The van der Waals surface area contributed by atoms with Gasteiger partial charge in [0.05, 0.1) is 12.2 Å². The molecule has 1 N–H and O–H groups in total. The molecule has 0 aliphatic carbocycles. The second kappa shape index (κ2) is 6.51. The molecule has 0 saturated carbocycles. The summed E-state index contributed by atoms with van der Waals surface area (Å²) in [6.45, 7) is 2.86. The number of amides is 1. The Hall–Kier alpha value is -2.96. The zero-order chi connectivity index (χ0) is 17.2. The highest BCUT2D eigenvalue weighted by molar-refractivity contribution is 5.91. The van der Waals surface area contributed by atoms with E-state index in [1.165, 1.54) is 6.20 Å². The Kier molecular flexibility index (Phi) is 4.05. The SMILES string of the molecule is CCc1nc2n(n1)CCC[C@@H]2NC(=O)c1cnc(-c2ccccc2)o1. The van der Waals surface area contributed by atoms with Crippen LogP contribution >= 0.6 is 0 Å². The zero-order valence-corrected chi connectivity index (χ0v) is 14.0. The lowest BCUT2D eigenvalue weighted by Crippen LogP contribution is -2.33. The highest BCUT2D eigenvalue weighted by Gasteiger charge is 2.27. The molecule has 25 heavy (non-hydrogen) atoms. The van der Waals surface area contributed by atoms with Crippen LogP contribution in [-0.2, 0) is 13.0 Å². The first-order valence-electron chi connectivity index (χ1n) is 8.50. The molecule has 2 aromatic heterocycles. The molecule has 0 radical (unpaired) electrons. The number of oxazole rings is 1. The molecular formula is C18H19N5O2. The standard InChI is InChI=1S/C18H19N5O2/c1-2-15-21-16-13(9-6-10-23(16)22-15)20-17(24)14-11-19-18(25-14)12-7-4-3-5-8-12/h3-5,7-8,11,13H,2,6,9-10H2,1H3,(H,20,24)/t13-/m0/s1. The van der Waals surface area contributed by atoms with Gasteiger partial charge in [-0.25, -0.2) is 14.6 Å². The minimum Gasteiger partial charge on any atom is -0.431 e. The van der Waals surface area contributed by atoms with E-state index in [9.17, 15) is 4.79 Å². The van der Waals surface area contributed by atoms with E-state index in [2.05, 4.69) is 20.4 Å². The third kappa shape index (κ3) is 3.05. The van der Waals surface area contributed by atoms with Crippen LogP contribution in [0.1, 0.15) is 48.0 Å². The second-order valence-corrected chi connectivity index (χ2v) is 6.03. The van der Waals surface area contributed by atoms with Crippen LogP contribution in [-0.4, -0.2) is 25.7 Å². The van der Waals surface area contributed by atoms with Crippen molar-refractivity contribution in [2.45, 2.75) is 38.8 Å². The molecule has 0 saturated heterocycles. The van der Waals surface area contributed by atoms with Crippen LogP contribution in [0.15, 0.2) is 40.9 Å². The monoisotopic (exact) mass is 337 g/mol. The first-order valence-corrected chi connectivity index (χ1v) is 8.50. The highest BCUT2D eigenvalue weighted by atomic mass is 16.4. The topological polar surface area (TPSA) is 85.8 Å². The first-order chi connectivity index (χ1) is 12.2. The minimum atomic E-state index is -0.283. The maximum Gasteiger partial charge on any atom is 0.289 e. The Bertz CT molecular complexity index is 884. The predicted molar refractivity (Wildman–Crippen MR) is 90.8 cm³/mol. The van der Waals surface area contributed by atoms with Crippen molar-refractivity contribution in [2.24, 2.45) is 0 Å². The number of carbonyl (C=O) groups excluding carboxylic acids is 1. The average molecular weight is 337 g/mol. The van der Waals surface area contributed by atoms with Gasteiger partial charge in [-0.15, -0.1) is 0 Å². The van der Waals surface area contributed by atoms with Crippen LogP contribution in [0, 0.1) is 0 Å². The summed E-state index contributed by atoms with van der Waals surface area (Å²) in [5.74, 6) is 1.98. The summed E-state index contributed by atoms with van der Waals surface area (Å²) in [5.41, 5.74) is 0.839. The van der Waals surface area contributed by atoms with Gasteiger partial charge in [-0.3, -0.25) is 4.79 Å². The van der Waals surface area contributed by atoms with Crippen molar-refractivity contribution in [3.63, 3.8) is 0 Å². The molecule has 1 amide bonds. The lowest BCUT2D eigenvalue weighted by Gasteiger charge is -2.22. The van der Waals surface area contributed by atoms with Crippen molar-refractivity contribution in [3.05, 3.63) is 53.9 Å². The lowest BCUT2D eigenvalue weighted by atomic mass is 10.1. The average Bonchev–Trinajstić information content (AvgIpc) is 3.30. The quantitative estimate of drug-likeness (QED) is 0.791. The van der Waals surface area contributed by atoms with Crippen molar-refractivity contribution in [2.75, 3.05) is 0 Å². The van der Waals surface area contributed by atoms with E-state index < -0.39 is 0 Å². The largest absolute Gasteiger partial charge is 0.431 e. The number of hydrogen-bond donors (Lipinski definition) is 1. The van der Waals surface area contributed by atoms with E-state index in [4.69, 9.17) is 4.42 Å². The summed E-state index contributed by atoms with van der Waals surface area (Å²) in [7, 11) is 0. The summed E-state index contributed by atoms with van der Waals surface area (Å²) in [6, 6.07) is 9.36. The third-order valence-electron chi connectivity index (χ3n) is 4.29. The van der Waals surface area contributed by atoms with E-state index in [0.717, 1.165) is 43.0 Å². The van der Waals surface area contributed by atoms with Gasteiger partial charge in [-0.05, 0) is 25.0 Å². The van der Waals surface area contributed by atoms with Crippen molar-refractivity contribution in [1.82, 2.24) is 25.1 Å². The molecule has 0 unspecified atom stereocenters. The Labute approximate surface area is 145 Å². The summed E-state index contributed by atoms with van der Waals surface area (Å²) >= 11 is 0. The van der Waals surface area contributed by atoms with E-state index in [1.54, 1.807) is 0 Å². The van der Waals surface area contributed by atoms with Gasteiger partial charge in [0.1, 0.15) is 5.82 Å². The fourth-order valence-electron chi connectivity index (χ4n) is 3.01. The van der Waals surface area contributed by atoms with Crippen molar-refractivity contribution < 1.29 is 9.21 Å². The third-order valence-corrected chi connectivity index (χ3v) is 4.29. The molecule has 3 aromatic rings. The van der Waals surface area contributed by atoms with Gasteiger partial charge < -0.3 is 9.73 Å². The normalized spacial score (nSPS) is 16.4. The molecule has 1 aliphatic heterocycles. The molecule has 7 heteroatoms. The summed E-state index contributed by atoms with van der Waals surface area (Å²) in [6.07, 6.45) is 4.04. The fourth-order valence-corrected chi connectivity index (χ4v) is 3.01. The number of fused-ring (bicyclic) bond motifs is 1. The molecule has 0 spiro atoms. The van der Waals surface area contributed by atoms with Crippen molar-refractivity contribution >= 4 is 5.91 Å². The Morgan fingerprint density at radius 1 is 1.36 bits per heavy atom. The predicted octanol–water partition coefficient (Wildman–Crippen LogP) is 2.76. The Morgan fingerprint density at radius 2 is 2.20 bits per heavy atom. The van der Waals surface area contributed by atoms with E-state index >= 15 is 0 Å². The molecule has 0 bridgehead atoms. The van der Waals surface area contributed by atoms with Gasteiger partial charge in [0.2, 0.25) is 11.7 Å². The number of aryl methyl sites for hydroxylation is 2. The number of nitrogens with zero attached hydrogens (tertiary/aromatic N) is 4. The molecule has 3 heterocycles. The van der Waals surface area contributed by atoms with Gasteiger partial charge in [-0.1, -0.05) is 25.1 Å². The molecule has 1 aromatic carbocycles. The zero-order valence-electron chi connectivity index (χ0n) is 14.0. The molecule has 4 rings (SSSR count). The number of rotatable bonds is 4. The summed E-state index contributed by atoms with van der Waals surface area (Å²) in [5, 5.41) is 7.46. The number of benzene rings is 1. The van der Waals surface area contributed by atoms with Crippen LogP contribution < -0.4 is 5.32 Å². The molecule has 1 atom stereocenters. The summed E-state index contributed by atoms with van der Waals surface area (Å²) in [4.78, 5) is 21.3. The molecule has 1 aliphatic rings. The lowest BCUT2D eigenvalue weighted by molar-refractivity contribution is 0.0900. The maximum atomic E-state index is 12.5. The van der Waals surface area contributed by atoms with Gasteiger partial charge in [0.25, 0.3) is 5.91 Å². The minimum absolute atomic E-state index is 0.153. The van der Waals surface area contributed by atoms with Gasteiger partial charge >= 0.3 is 0 Å². The number of aromatic nitrogens is 4. The number of nitrogens with one attached hydrogen (secondary N) is 1. The summed E-state index contributed by atoms with van der Waals surface area (Å²) < 4.78 is 7.51. The molecule has 128 valence electrons. The van der Waals surface area contributed by atoms with Crippen LogP contribution in [0.4, 0.5) is 0 Å². The van der Waals surface area contributed by atoms with Crippen LogP contribution in [0.5, 0.6) is 0 Å². The van der Waals surface area contributed by atoms with Crippen LogP contribution in [0.2, 0.25) is 0 Å². The Morgan fingerprint density at radius 3 is 3.00 bits per heavy atom. The van der Waals surface area contributed by atoms with E-state index in [1.807, 2.05) is 41.9 Å². The smallest absolute Gasteiger partial charge is 0.289 e. The maximum absolute atomic E-state index is 12.5.